The first-order valence-corrected chi connectivity index (χ1v) is 8.68. The van der Waals surface area contributed by atoms with Crippen molar-refractivity contribution in [2.75, 3.05) is 25.9 Å². The van der Waals surface area contributed by atoms with Gasteiger partial charge in [-0.3, -0.25) is 4.90 Å². The van der Waals surface area contributed by atoms with Gasteiger partial charge >= 0.3 is 0 Å². The van der Waals surface area contributed by atoms with E-state index in [1.54, 1.807) is 0 Å². The van der Waals surface area contributed by atoms with Crippen LogP contribution in [0.3, 0.4) is 0 Å². The summed E-state index contributed by atoms with van der Waals surface area (Å²) < 4.78 is 0. The Morgan fingerprint density at radius 3 is 2.59 bits per heavy atom. The number of hydrogen-bond donors (Lipinski definition) is 1. The topological polar surface area (TPSA) is 15.3 Å². The SMILES string of the molecule is CSC1CNCC1N1CCCC1C1CCCC1. The Morgan fingerprint density at radius 2 is 1.82 bits per heavy atom. The molecule has 1 N–H and O–H groups in total. The minimum Gasteiger partial charge on any atom is -0.314 e. The highest BCUT2D eigenvalue weighted by molar-refractivity contribution is 7.99. The molecule has 3 aliphatic rings. The van der Waals surface area contributed by atoms with Crippen molar-refractivity contribution in [3.05, 3.63) is 0 Å². The maximum Gasteiger partial charge on any atom is 0.0354 e. The van der Waals surface area contributed by atoms with Crippen molar-refractivity contribution in [2.24, 2.45) is 5.92 Å². The number of nitrogens with one attached hydrogen (secondary N) is 1. The molecule has 3 rings (SSSR count). The summed E-state index contributed by atoms with van der Waals surface area (Å²) >= 11 is 2.07. The molecular weight excluding hydrogens is 228 g/mol. The van der Waals surface area contributed by atoms with Crippen LogP contribution in [0.5, 0.6) is 0 Å². The van der Waals surface area contributed by atoms with Gasteiger partial charge in [0.25, 0.3) is 0 Å². The van der Waals surface area contributed by atoms with Crippen molar-refractivity contribution in [3.63, 3.8) is 0 Å². The second kappa shape index (κ2) is 5.50. The monoisotopic (exact) mass is 254 g/mol. The van der Waals surface area contributed by atoms with Crippen molar-refractivity contribution >= 4 is 11.8 Å². The van der Waals surface area contributed by atoms with Crippen LogP contribution in [-0.2, 0) is 0 Å². The lowest BCUT2D eigenvalue weighted by atomic mass is 9.95. The third kappa shape index (κ3) is 2.39. The van der Waals surface area contributed by atoms with Crippen molar-refractivity contribution in [3.8, 4) is 0 Å². The molecule has 0 spiro atoms. The van der Waals surface area contributed by atoms with Crippen molar-refractivity contribution in [1.29, 1.82) is 0 Å². The molecule has 0 amide bonds. The zero-order valence-electron chi connectivity index (χ0n) is 11.0. The first kappa shape index (κ1) is 12.3. The number of rotatable bonds is 3. The van der Waals surface area contributed by atoms with Gasteiger partial charge in [-0.1, -0.05) is 12.8 Å². The molecule has 2 nitrogen and oxygen atoms in total. The predicted molar refractivity (Wildman–Crippen MR) is 75.6 cm³/mol. The smallest absolute Gasteiger partial charge is 0.0354 e. The van der Waals surface area contributed by atoms with E-state index in [-0.39, 0.29) is 0 Å². The lowest BCUT2D eigenvalue weighted by molar-refractivity contribution is 0.146. The summed E-state index contributed by atoms with van der Waals surface area (Å²) in [6.45, 7) is 3.82. The van der Waals surface area contributed by atoms with Crippen LogP contribution < -0.4 is 5.32 Å². The van der Waals surface area contributed by atoms with E-state index in [0.717, 1.165) is 23.3 Å². The fraction of sp³-hybridized carbons (Fsp3) is 1.00. The van der Waals surface area contributed by atoms with E-state index in [4.69, 9.17) is 0 Å². The summed E-state index contributed by atoms with van der Waals surface area (Å²) in [7, 11) is 0. The second-order valence-electron chi connectivity index (χ2n) is 5.99. The summed E-state index contributed by atoms with van der Waals surface area (Å²) in [5, 5.41) is 4.43. The van der Waals surface area contributed by atoms with Crippen molar-refractivity contribution in [1.82, 2.24) is 10.2 Å². The molecule has 3 atom stereocenters. The molecule has 3 heteroatoms. The average Bonchev–Trinajstić information content (AvgIpc) is 3.09. The molecule has 0 radical (unpaired) electrons. The van der Waals surface area contributed by atoms with E-state index in [1.807, 2.05) is 0 Å². The van der Waals surface area contributed by atoms with Crippen LogP contribution in [0.2, 0.25) is 0 Å². The number of nitrogens with zero attached hydrogens (tertiary/aromatic N) is 1. The van der Waals surface area contributed by atoms with Crippen LogP contribution in [0.1, 0.15) is 38.5 Å². The van der Waals surface area contributed by atoms with E-state index in [0.29, 0.717) is 0 Å². The zero-order chi connectivity index (χ0) is 11.7. The van der Waals surface area contributed by atoms with Gasteiger partial charge in [0, 0.05) is 30.4 Å². The third-order valence-electron chi connectivity index (χ3n) is 5.14. The molecule has 3 fully saturated rings. The van der Waals surface area contributed by atoms with Crippen LogP contribution in [0.15, 0.2) is 0 Å². The fourth-order valence-corrected chi connectivity index (χ4v) is 5.14. The first-order valence-electron chi connectivity index (χ1n) is 7.39. The van der Waals surface area contributed by atoms with E-state index >= 15 is 0 Å². The van der Waals surface area contributed by atoms with Gasteiger partial charge in [-0.15, -0.1) is 0 Å². The van der Waals surface area contributed by atoms with Gasteiger partial charge in [-0.05, 0) is 44.4 Å². The van der Waals surface area contributed by atoms with Gasteiger partial charge in [-0.25, -0.2) is 0 Å². The molecule has 0 bridgehead atoms. The molecule has 2 aliphatic heterocycles. The molecule has 2 saturated heterocycles. The van der Waals surface area contributed by atoms with Gasteiger partial charge in [0.1, 0.15) is 0 Å². The summed E-state index contributed by atoms with van der Waals surface area (Å²) in [6.07, 6.45) is 11.2. The molecule has 17 heavy (non-hydrogen) atoms. The van der Waals surface area contributed by atoms with E-state index < -0.39 is 0 Å². The Kier molecular flexibility index (Phi) is 3.98. The summed E-state index contributed by atoms with van der Waals surface area (Å²) in [6, 6.07) is 1.75. The van der Waals surface area contributed by atoms with Crippen LogP contribution in [-0.4, -0.2) is 48.1 Å². The minimum absolute atomic E-state index is 0.818. The minimum atomic E-state index is 0.818. The van der Waals surface area contributed by atoms with Crippen LogP contribution in [0.4, 0.5) is 0 Å². The molecule has 0 aromatic rings. The number of hydrogen-bond acceptors (Lipinski definition) is 3. The molecule has 0 aromatic heterocycles. The molecule has 2 heterocycles. The largest absolute Gasteiger partial charge is 0.314 e. The highest BCUT2D eigenvalue weighted by atomic mass is 32.2. The second-order valence-corrected chi connectivity index (χ2v) is 7.07. The number of thioether (sulfide) groups is 1. The quantitative estimate of drug-likeness (QED) is 0.832. The van der Waals surface area contributed by atoms with Crippen LogP contribution in [0.25, 0.3) is 0 Å². The highest BCUT2D eigenvalue weighted by Gasteiger charge is 2.40. The maximum atomic E-state index is 3.60. The normalized spacial score (nSPS) is 40.4. The lowest BCUT2D eigenvalue weighted by Crippen LogP contribution is -2.47. The van der Waals surface area contributed by atoms with Gasteiger partial charge < -0.3 is 5.32 Å². The Labute approximate surface area is 110 Å². The predicted octanol–water partition coefficient (Wildman–Crippen LogP) is 2.34. The molecule has 1 aliphatic carbocycles. The Hall–Kier alpha value is 0.270. The average molecular weight is 254 g/mol. The summed E-state index contributed by atoms with van der Waals surface area (Å²) in [5.41, 5.74) is 0. The maximum absolute atomic E-state index is 3.60. The molecular formula is C14H26N2S. The molecule has 98 valence electrons. The Balaban J connectivity index is 1.68. The van der Waals surface area contributed by atoms with E-state index in [2.05, 4.69) is 28.2 Å². The molecule has 1 saturated carbocycles. The molecule has 0 aromatic carbocycles. The zero-order valence-corrected chi connectivity index (χ0v) is 11.8. The van der Waals surface area contributed by atoms with E-state index in [9.17, 15) is 0 Å². The van der Waals surface area contributed by atoms with Gasteiger partial charge in [0.15, 0.2) is 0 Å². The third-order valence-corrected chi connectivity index (χ3v) is 6.23. The summed E-state index contributed by atoms with van der Waals surface area (Å²) in [4.78, 5) is 2.89. The lowest BCUT2D eigenvalue weighted by Gasteiger charge is -2.36. The van der Waals surface area contributed by atoms with Crippen molar-refractivity contribution < 1.29 is 0 Å². The van der Waals surface area contributed by atoms with Gasteiger partial charge in [0.2, 0.25) is 0 Å². The summed E-state index contributed by atoms with van der Waals surface area (Å²) in [5.74, 6) is 1.03. The fourth-order valence-electron chi connectivity index (χ4n) is 4.29. The Morgan fingerprint density at radius 1 is 1.00 bits per heavy atom. The van der Waals surface area contributed by atoms with E-state index in [1.165, 1.54) is 58.2 Å². The standard InChI is InChI=1S/C14H26N2S/c1-17-14-10-15-9-13(14)16-8-4-7-12(16)11-5-2-3-6-11/h11-15H,2-10H2,1H3. The number of likely N-dealkylation sites (tertiary alicyclic amines) is 1. The van der Waals surface area contributed by atoms with Gasteiger partial charge in [-0.2, -0.15) is 11.8 Å². The van der Waals surface area contributed by atoms with Crippen LogP contribution in [0, 0.1) is 5.92 Å². The van der Waals surface area contributed by atoms with Gasteiger partial charge in [0.05, 0.1) is 0 Å². The molecule has 3 unspecified atom stereocenters. The van der Waals surface area contributed by atoms with Crippen molar-refractivity contribution in [2.45, 2.75) is 55.9 Å². The highest BCUT2D eigenvalue weighted by Crippen LogP contribution is 2.38. The Bertz CT molecular complexity index is 253. The van der Waals surface area contributed by atoms with Crippen LogP contribution >= 0.6 is 11.8 Å². The first-order chi connectivity index (χ1) is 8.40.